The van der Waals surface area contributed by atoms with E-state index in [1.165, 1.54) is 13.0 Å². The Bertz CT molecular complexity index is 487. The van der Waals surface area contributed by atoms with Gasteiger partial charge in [0.05, 0.1) is 12.6 Å². The molecule has 1 amide bonds. The average Bonchev–Trinajstić information content (AvgIpc) is 2.53. The Kier molecular flexibility index (Phi) is 3.60. The number of para-hydroxylation sites is 1. The van der Waals surface area contributed by atoms with Gasteiger partial charge in [0.25, 0.3) is 5.91 Å². The number of halogens is 1. The Morgan fingerprint density at radius 1 is 1.44 bits per heavy atom. The summed E-state index contributed by atoms with van der Waals surface area (Å²) in [5, 5.41) is 2.61. The molecule has 1 unspecified atom stereocenters. The molecule has 2 rings (SSSR count). The van der Waals surface area contributed by atoms with Crippen LogP contribution in [0.5, 0.6) is 5.75 Å². The summed E-state index contributed by atoms with van der Waals surface area (Å²) in [7, 11) is 0. The molecule has 0 saturated heterocycles. The first-order valence-electron chi connectivity index (χ1n) is 5.82. The molecule has 5 heteroatoms. The molecule has 1 heterocycles. The third kappa shape index (κ3) is 2.50. The fourth-order valence-corrected chi connectivity index (χ4v) is 1.98. The van der Waals surface area contributed by atoms with Crippen LogP contribution in [0.25, 0.3) is 0 Å². The molecule has 1 atom stereocenters. The predicted octanol–water partition coefficient (Wildman–Crippen LogP) is 1.74. The third-order valence-electron chi connectivity index (χ3n) is 2.88. The van der Waals surface area contributed by atoms with Crippen molar-refractivity contribution in [3.05, 3.63) is 29.6 Å². The molecule has 0 radical (unpaired) electrons. The Morgan fingerprint density at radius 2 is 2.22 bits per heavy atom. The average molecular weight is 251 g/mol. The smallest absolute Gasteiger partial charge is 0.287 e. The Labute approximate surface area is 104 Å². The number of fused-ring (bicyclic) bond motifs is 1. The van der Waals surface area contributed by atoms with Crippen LogP contribution in [-0.4, -0.2) is 18.3 Å². The first-order valence-corrected chi connectivity index (χ1v) is 5.82. The monoisotopic (exact) mass is 251 g/mol. The van der Waals surface area contributed by atoms with E-state index in [4.69, 9.17) is 4.74 Å². The highest BCUT2D eigenvalue weighted by Crippen LogP contribution is 2.33. The molecule has 4 nitrogen and oxygen atoms in total. The first-order chi connectivity index (χ1) is 8.59. The van der Waals surface area contributed by atoms with Gasteiger partial charge in [0.2, 0.25) is 5.78 Å². The van der Waals surface area contributed by atoms with Gasteiger partial charge in [0, 0.05) is 12.5 Å². The molecule has 1 aromatic rings. The molecule has 0 aliphatic carbocycles. The number of hydrogen-bond donors (Lipinski definition) is 1. The van der Waals surface area contributed by atoms with Crippen LogP contribution in [0.3, 0.4) is 0 Å². The lowest BCUT2D eigenvalue weighted by Gasteiger charge is -2.17. The van der Waals surface area contributed by atoms with Gasteiger partial charge in [0.15, 0.2) is 11.6 Å². The fraction of sp³-hybridized carbons (Fsp3) is 0.385. The standard InChI is InChI=1S/C13H14FNO3/c1-8(16)13(17)15-11-6-3-7-18-12-9(11)4-2-5-10(12)14/h2,4-5,11H,3,6-7H2,1H3,(H,15,17). The van der Waals surface area contributed by atoms with Crippen molar-refractivity contribution >= 4 is 11.7 Å². The molecule has 96 valence electrons. The SMILES string of the molecule is CC(=O)C(=O)NC1CCCOc2c(F)cccc21. The minimum atomic E-state index is -0.655. The van der Waals surface area contributed by atoms with Crippen molar-refractivity contribution in [3.8, 4) is 5.75 Å². The fourth-order valence-electron chi connectivity index (χ4n) is 1.98. The van der Waals surface area contributed by atoms with E-state index in [9.17, 15) is 14.0 Å². The quantitative estimate of drug-likeness (QED) is 0.815. The van der Waals surface area contributed by atoms with Gasteiger partial charge in [-0.25, -0.2) is 4.39 Å². The highest BCUT2D eigenvalue weighted by atomic mass is 19.1. The van der Waals surface area contributed by atoms with Crippen LogP contribution in [0.2, 0.25) is 0 Å². The van der Waals surface area contributed by atoms with Crippen molar-refractivity contribution in [3.63, 3.8) is 0 Å². The lowest BCUT2D eigenvalue weighted by molar-refractivity contribution is -0.137. The van der Waals surface area contributed by atoms with E-state index in [1.807, 2.05) is 0 Å². The molecule has 0 aromatic heterocycles. The minimum Gasteiger partial charge on any atom is -0.490 e. The molecule has 1 aliphatic heterocycles. The number of ether oxygens (including phenoxy) is 1. The van der Waals surface area contributed by atoms with Crippen molar-refractivity contribution in [1.29, 1.82) is 0 Å². The number of benzene rings is 1. The minimum absolute atomic E-state index is 0.170. The van der Waals surface area contributed by atoms with Gasteiger partial charge < -0.3 is 10.1 Å². The third-order valence-corrected chi connectivity index (χ3v) is 2.88. The molecule has 1 aliphatic rings. The summed E-state index contributed by atoms with van der Waals surface area (Å²) >= 11 is 0. The molecule has 0 saturated carbocycles. The van der Waals surface area contributed by atoms with Gasteiger partial charge in [-0.15, -0.1) is 0 Å². The summed E-state index contributed by atoms with van der Waals surface area (Å²) in [6.45, 7) is 1.61. The number of amides is 1. The van der Waals surface area contributed by atoms with Crippen molar-refractivity contribution in [2.75, 3.05) is 6.61 Å². The molecule has 0 fully saturated rings. The van der Waals surface area contributed by atoms with E-state index < -0.39 is 17.5 Å². The lowest BCUT2D eigenvalue weighted by Crippen LogP contribution is -2.32. The van der Waals surface area contributed by atoms with E-state index in [1.54, 1.807) is 12.1 Å². The van der Waals surface area contributed by atoms with Gasteiger partial charge >= 0.3 is 0 Å². The van der Waals surface area contributed by atoms with E-state index in [0.717, 1.165) is 0 Å². The van der Waals surface area contributed by atoms with Crippen molar-refractivity contribution in [2.45, 2.75) is 25.8 Å². The summed E-state index contributed by atoms with van der Waals surface area (Å²) in [6, 6.07) is 4.20. The molecule has 1 N–H and O–H groups in total. The van der Waals surface area contributed by atoms with Crippen molar-refractivity contribution in [2.24, 2.45) is 0 Å². The molecule has 18 heavy (non-hydrogen) atoms. The summed E-state index contributed by atoms with van der Waals surface area (Å²) < 4.78 is 19.0. The second-order valence-corrected chi connectivity index (χ2v) is 4.23. The second-order valence-electron chi connectivity index (χ2n) is 4.23. The lowest BCUT2D eigenvalue weighted by atomic mass is 10.0. The highest BCUT2D eigenvalue weighted by molar-refractivity contribution is 6.35. The topological polar surface area (TPSA) is 55.4 Å². The summed E-state index contributed by atoms with van der Waals surface area (Å²) in [5.41, 5.74) is 0.585. The largest absolute Gasteiger partial charge is 0.490 e. The van der Waals surface area contributed by atoms with Gasteiger partial charge in [0.1, 0.15) is 0 Å². The summed E-state index contributed by atoms with van der Waals surface area (Å²) in [6.07, 6.45) is 1.31. The van der Waals surface area contributed by atoms with Crippen molar-refractivity contribution < 1.29 is 18.7 Å². The van der Waals surface area contributed by atoms with Crippen LogP contribution in [0.4, 0.5) is 4.39 Å². The van der Waals surface area contributed by atoms with Gasteiger partial charge in [-0.3, -0.25) is 9.59 Å². The molecular formula is C13H14FNO3. The maximum absolute atomic E-state index is 13.6. The Balaban J connectivity index is 2.30. The van der Waals surface area contributed by atoms with Crippen LogP contribution in [0.1, 0.15) is 31.4 Å². The zero-order chi connectivity index (χ0) is 13.1. The maximum Gasteiger partial charge on any atom is 0.287 e. The van der Waals surface area contributed by atoms with E-state index >= 15 is 0 Å². The molecule has 0 bridgehead atoms. The van der Waals surface area contributed by atoms with Crippen LogP contribution in [-0.2, 0) is 9.59 Å². The summed E-state index contributed by atoms with van der Waals surface area (Å²) in [4.78, 5) is 22.4. The van der Waals surface area contributed by atoms with E-state index in [-0.39, 0.29) is 11.8 Å². The Hall–Kier alpha value is -1.91. The highest BCUT2D eigenvalue weighted by Gasteiger charge is 2.24. The zero-order valence-electron chi connectivity index (χ0n) is 10.0. The van der Waals surface area contributed by atoms with Gasteiger partial charge in [-0.05, 0) is 18.9 Å². The van der Waals surface area contributed by atoms with E-state index in [2.05, 4.69) is 5.32 Å². The molecule has 1 aromatic carbocycles. The number of Topliss-reactive ketones (excluding diaryl/α,β-unsaturated/α-hetero) is 1. The van der Waals surface area contributed by atoms with Crippen molar-refractivity contribution in [1.82, 2.24) is 5.32 Å². The van der Waals surface area contributed by atoms with Gasteiger partial charge in [-0.2, -0.15) is 0 Å². The first kappa shape index (κ1) is 12.5. The van der Waals surface area contributed by atoms with Crippen LogP contribution < -0.4 is 10.1 Å². The molecule has 0 spiro atoms. The van der Waals surface area contributed by atoms with Crippen LogP contribution in [0, 0.1) is 5.82 Å². The number of carbonyl (C=O) groups excluding carboxylic acids is 2. The Morgan fingerprint density at radius 3 is 2.94 bits per heavy atom. The zero-order valence-corrected chi connectivity index (χ0v) is 10.0. The number of carbonyl (C=O) groups is 2. The summed E-state index contributed by atoms with van der Waals surface area (Å²) in [5.74, 6) is -1.49. The number of nitrogens with one attached hydrogen (secondary N) is 1. The second kappa shape index (κ2) is 5.16. The number of hydrogen-bond acceptors (Lipinski definition) is 3. The molecular weight excluding hydrogens is 237 g/mol. The number of rotatable bonds is 2. The van der Waals surface area contributed by atoms with E-state index in [0.29, 0.717) is 25.0 Å². The predicted molar refractivity (Wildman–Crippen MR) is 62.7 cm³/mol. The van der Waals surface area contributed by atoms with Crippen LogP contribution >= 0.6 is 0 Å². The van der Waals surface area contributed by atoms with Gasteiger partial charge in [-0.1, -0.05) is 12.1 Å². The number of ketones is 1. The normalized spacial score (nSPS) is 18.2. The maximum atomic E-state index is 13.6. The van der Waals surface area contributed by atoms with Crippen LogP contribution in [0.15, 0.2) is 18.2 Å².